The van der Waals surface area contributed by atoms with Gasteiger partial charge in [-0.15, -0.1) is 0 Å². The molecule has 0 amide bonds. The molecule has 1 heterocycles. The van der Waals surface area contributed by atoms with Gasteiger partial charge >= 0.3 is 5.97 Å². The predicted octanol–water partition coefficient (Wildman–Crippen LogP) is 1.88. The monoisotopic (exact) mass is 337 g/mol. The summed E-state index contributed by atoms with van der Waals surface area (Å²) in [5.74, 6) is -1.80. The maximum atomic E-state index is 13.4. The van der Waals surface area contributed by atoms with E-state index in [9.17, 15) is 17.6 Å². The molecule has 0 bridgehead atoms. The number of fused-ring (bicyclic) bond motifs is 3. The maximum absolute atomic E-state index is 13.4. The number of carbonyl (C=O) groups is 1. The first-order chi connectivity index (χ1) is 11.0. The first-order valence-corrected chi connectivity index (χ1v) is 8.43. The number of methoxy groups -OCH3 is 1. The van der Waals surface area contributed by atoms with E-state index in [2.05, 4.69) is 4.98 Å². The maximum Gasteiger partial charge on any atom is 0.313 e. The third-order valence-corrected chi connectivity index (χ3v) is 4.94. The number of halogens is 1. The van der Waals surface area contributed by atoms with E-state index in [4.69, 9.17) is 4.74 Å². The summed E-state index contributed by atoms with van der Waals surface area (Å²) in [6.07, 6.45) is 1.83. The molecule has 0 aliphatic heterocycles. The highest BCUT2D eigenvalue weighted by atomic mass is 32.2. The molecule has 0 spiro atoms. The van der Waals surface area contributed by atoms with Crippen LogP contribution in [-0.4, -0.2) is 31.8 Å². The van der Waals surface area contributed by atoms with Crippen LogP contribution in [0, 0.1) is 17.7 Å². The van der Waals surface area contributed by atoms with Gasteiger partial charge in [-0.1, -0.05) is 0 Å². The van der Waals surface area contributed by atoms with Crippen LogP contribution >= 0.6 is 0 Å². The van der Waals surface area contributed by atoms with Crippen LogP contribution in [0.1, 0.15) is 17.7 Å². The van der Waals surface area contributed by atoms with E-state index >= 15 is 0 Å². The Morgan fingerprint density at radius 1 is 1.48 bits per heavy atom. The molecule has 122 valence electrons. The van der Waals surface area contributed by atoms with Crippen LogP contribution in [0.4, 0.5) is 4.39 Å². The number of aromatic nitrogens is 1. The van der Waals surface area contributed by atoms with E-state index < -0.39 is 22.2 Å². The van der Waals surface area contributed by atoms with Crippen LogP contribution in [0.2, 0.25) is 0 Å². The van der Waals surface area contributed by atoms with Crippen LogP contribution in [-0.2, 0) is 32.7 Å². The molecule has 1 aromatic carbocycles. The lowest BCUT2D eigenvalue weighted by atomic mass is 9.79. The van der Waals surface area contributed by atoms with Gasteiger partial charge in [0, 0.05) is 16.6 Å². The van der Waals surface area contributed by atoms with Crippen molar-refractivity contribution in [3.05, 3.63) is 35.3 Å². The molecule has 23 heavy (non-hydrogen) atoms. The fourth-order valence-electron chi connectivity index (χ4n) is 3.35. The van der Waals surface area contributed by atoms with Crippen LogP contribution < -0.4 is 0 Å². The van der Waals surface area contributed by atoms with E-state index in [0.29, 0.717) is 19.3 Å². The topological polar surface area (TPSA) is 76.2 Å². The standard InChI is InChI=1S/C16H16FNO4S/c1-22-16(19)13(8-23(20)21)9-2-4-11-12-7-10(17)3-5-14(12)18-15(11)6-9/h3,5,7-9,13,18H,2,4,6H2,1H3. The van der Waals surface area contributed by atoms with E-state index in [1.165, 1.54) is 19.2 Å². The molecule has 0 saturated heterocycles. The minimum atomic E-state index is -2.43. The molecule has 3 rings (SSSR count). The summed E-state index contributed by atoms with van der Waals surface area (Å²) >= 11 is 0. The highest BCUT2D eigenvalue weighted by molar-refractivity contribution is 7.71. The third-order valence-electron chi connectivity index (χ3n) is 4.43. The molecular weight excluding hydrogens is 321 g/mol. The highest BCUT2D eigenvalue weighted by Gasteiger charge is 2.32. The quantitative estimate of drug-likeness (QED) is 0.685. The number of ether oxygens (including phenoxy) is 1. The Morgan fingerprint density at radius 2 is 2.26 bits per heavy atom. The number of rotatable bonds is 3. The van der Waals surface area contributed by atoms with Crippen molar-refractivity contribution in [3.8, 4) is 0 Å². The SMILES string of the molecule is COC(=O)C(C=S(=O)=O)C1CCc2c([nH]c3ccc(F)cc23)C1. The molecule has 1 aliphatic rings. The van der Waals surface area contributed by atoms with Crippen molar-refractivity contribution in [2.24, 2.45) is 11.8 Å². The fraction of sp³-hybridized carbons (Fsp3) is 0.375. The van der Waals surface area contributed by atoms with Crippen LogP contribution in [0.5, 0.6) is 0 Å². The first kappa shape index (κ1) is 15.7. The molecule has 0 radical (unpaired) electrons. The average molecular weight is 337 g/mol. The fourth-order valence-corrected chi connectivity index (χ4v) is 3.92. The van der Waals surface area contributed by atoms with Gasteiger partial charge in [0.15, 0.2) is 0 Å². The second-order valence-corrected chi connectivity index (χ2v) is 6.51. The van der Waals surface area contributed by atoms with Crippen molar-refractivity contribution in [2.75, 3.05) is 7.11 Å². The van der Waals surface area contributed by atoms with Crippen molar-refractivity contribution in [1.29, 1.82) is 0 Å². The molecule has 1 N–H and O–H groups in total. The molecule has 5 nitrogen and oxygen atoms in total. The number of nitrogens with one attached hydrogen (secondary N) is 1. The number of hydrogen-bond acceptors (Lipinski definition) is 4. The lowest BCUT2D eigenvalue weighted by Crippen LogP contribution is -2.31. The summed E-state index contributed by atoms with van der Waals surface area (Å²) in [6.45, 7) is 0. The minimum absolute atomic E-state index is 0.161. The number of benzene rings is 1. The summed E-state index contributed by atoms with van der Waals surface area (Å²) in [5, 5.41) is 1.86. The smallest absolute Gasteiger partial charge is 0.313 e. The Balaban J connectivity index is 1.97. The molecule has 0 fully saturated rings. The van der Waals surface area contributed by atoms with Crippen molar-refractivity contribution in [3.63, 3.8) is 0 Å². The van der Waals surface area contributed by atoms with Gasteiger partial charge in [0.2, 0.25) is 10.3 Å². The Labute approximate surface area is 134 Å². The molecule has 2 aromatic rings. The molecule has 1 aromatic heterocycles. The summed E-state index contributed by atoms with van der Waals surface area (Å²) in [4.78, 5) is 15.1. The largest absolute Gasteiger partial charge is 0.469 e. The highest BCUT2D eigenvalue weighted by Crippen LogP contribution is 2.34. The predicted molar refractivity (Wildman–Crippen MR) is 84.3 cm³/mol. The van der Waals surface area contributed by atoms with Gasteiger partial charge in [-0.05, 0) is 48.9 Å². The number of H-pyrrole nitrogens is 1. The Hall–Kier alpha value is -2.15. The van der Waals surface area contributed by atoms with E-state index in [0.717, 1.165) is 27.5 Å². The summed E-state index contributed by atoms with van der Waals surface area (Å²) in [6, 6.07) is 4.59. The Bertz CT molecular complexity index is 892. The van der Waals surface area contributed by atoms with Crippen LogP contribution in [0.15, 0.2) is 18.2 Å². The van der Waals surface area contributed by atoms with Gasteiger partial charge < -0.3 is 9.72 Å². The molecule has 2 atom stereocenters. The minimum Gasteiger partial charge on any atom is -0.469 e. The second kappa shape index (κ2) is 6.16. The molecule has 7 heteroatoms. The van der Waals surface area contributed by atoms with Gasteiger partial charge in [-0.2, -0.15) is 8.42 Å². The lowest BCUT2D eigenvalue weighted by molar-refractivity contribution is -0.144. The number of hydrogen-bond donors (Lipinski definition) is 1. The van der Waals surface area contributed by atoms with Crippen LogP contribution in [0.3, 0.4) is 0 Å². The summed E-state index contributed by atoms with van der Waals surface area (Å²) < 4.78 is 40.1. The second-order valence-electron chi connectivity index (χ2n) is 5.72. The van der Waals surface area contributed by atoms with E-state index in [-0.39, 0.29) is 11.7 Å². The van der Waals surface area contributed by atoms with E-state index in [1.807, 2.05) is 0 Å². The zero-order valence-corrected chi connectivity index (χ0v) is 13.3. The van der Waals surface area contributed by atoms with Crippen molar-refractivity contribution < 1.29 is 22.3 Å². The average Bonchev–Trinajstić information content (AvgIpc) is 2.88. The van der Waals surface area contributed by atoms with Gasteiger partial charge in [-0.25, -0.2) is 4.39 Å². The zero-order valence-electron chi connectivity index (χ0n) is 12.5. The van der Waals surface area contributed by atoms with Crippen LogP contribution in [0.25, 0.3) is 10.9 Å². The van der Waals surface area contributed by atoms with Gasteiger partial charge in [0.25, 0.3) is 0 Å². The molecule has 0 saturated carbocycles. The van der Waals surface area contributed by atoms with Crippen molar-refractivity contribution in [1.82, 2.24) is 4.98 Å². The van der Waals surface area contributed by atoms with Gasteiger partial charge in [0.05, 0.1) is 18.4 Å². The lowest BCUT2D eigenvalue weighted by Gasteiger charge is -2.26. The van der Waals surface area contributed by atoms with Gasteiger partial charge in [0.1, 0.15) is 5.82 Å². The normalized spacial score (nSPS) is 18.3. The molecule has 2 unspecified atom stereocenters. The first-order valence-electron chi connectivity index (χ1n) is 7.29. The van der Waals surface area contributed by atoms with E-state index in [1.54, 1.807) is 6.07 Å². The van der Waals surface area contributed by atoms with Gasteiger partial charge in [-0.3, -0.25) is 4.79 Å². The number of aromatic amines is 1. The summed E-state index contributed by atoms with van der Waals surface area (Å²) in [5.41, 5.74) is 2.83. The summed E-state index contributed by atoms with van der Waals surface area (Å²) in [7, 11) is -1.18. The Kier molecular flexibility index (Phi) is 4.21. The number of esters is 1. The number of aryl methyl sites for hydroxylation is 1. The number of carbonyl (C=O) groups excluding carboxylic acids is 1. The zero-order chi connectivity index (χ0) is 16.6. The molecular formula is C16H16FNO4S. The Morgan fingerprint density at radius 3 is 2.96 bits per heavy atom. The third kappa shape index (κ3) is 3.01. The molecule has 1 aliphatic carbocycles. The van der Waals surface area contributed by atoms with Crippen molar-refractivity contribution in [2.45, 2.75) is 19.3 Å². The van der Waals surface area contributed by atoms with Crippen molar-refractivity contribution >= 4 is 32.5 Å².